The van der Waals surface area contributed by atoms with Gasteiger partial charge in [-0.2, -0.15) is 12.6 Å². The minimum Gasteiger partial charge on any atom is -0.388 e. The van der Waals surface area contributed by atoms with Crippen LogP contribution in [0.5, 0.6) is 0 Å². The van der Waals surface area contributed by atoms with Gasteiger partial charge in [-0.1, -0.05) is 0 Å². The maximum atomic E-state index is 9.23. The molecule has 1 fully saturated rings. The zero-order valence-corrected chi connectivity index (χ0v) is 7.13. The predicted octanol–water partition coefficient (Wildman–Crippen LogP) is -2.28. The largest absolute Gasteiger partial charge is 0.388 e. The Hall–Kier alpha value is 0.150. The van der Waals surface area contributed by atoms with Crippen molar-refractivity contribution in [3.05, 3.63) is 0 Å². The van der Waals surface area contributed by atoms with Gasteiger partial charge in [-0.25, -0.2) is 0 Å². The molecule has 12 heavy (non-hydrogen) atoms. The van der Waals surface area contributed by atoms with Crippen LogP contribution in [0.1, 0.15) is 0 Å². The van der Waals surface area contributed by atoms with Gasteiger partial charge in [0.05, 0.1) is 6.10 Å². The van der Waals surface area contributed by atoms with E-state index in [4.69, 9.17) is 20.1 Å². The Morgan fingerprint density at radius 2 is 1.58 bits per heavy atom. The van der Waals surface area contributed by atoms with Crippen LogP contribution in [0.3, 0.4) is 0 Å². The quantitative estimate of drug-likeness (QED) is 0.305. The molecule has 6 heteroatoms. The molecule has 0 aromatic carbocycles. The summed E-state index contributed by atoms with van der Waals surface area (Å²) >= 11 is 3.84. The first-order chi connectivity index (χ1) is 5.57. The summed E-state index contributed by atoms with van der Waals surface area (Å²) in [5.74, 6) is 0.169. The van der Waals surface area contributed by atoms with Crippen LogP contribution in [-0.2, 0) is 4.74 Å². The Labute approximate surface area is 75.0 Å². The van der Waals surface area contributed by atoms with Gasteiger partial charge in [0.1, 0.15) is 18.3 Å². The van der Waals surface area contributed by atoms with Crippen LogP contribution in [-0.4, -0.2) is 56.9 Å². The molecule has 1 rings (SSSR count). The molecular formula is C6H12O5S. The van der Waals surface area contributed by atoms with E-state index >= 15 is 0 Å². The van der Waals surface area contributed by atoms with Crippen molar-refractivity contribution in [3.63, 3.8) is 0 Å². The van der Waals surface area contributed by atoms with Crippen LogP contribution >= 0.6 is 12.6 Å². The minimum absolute atomic E-state index is 0.169. The Morgan fingerprint density at radius 3 is 2.08 bits per heavy atom. The fraction of sp³-hybridized carbons (Fsp3) is 1.00. The summed E-state index contributed by atoms with van der Waals surface area (Å²) < 4.78 is 4.75. The van der Waals surface area contributed by atoms with Crippen molar-refractivity contribution < 1.29 is 25.2 Å². The standard InChI is InChI=1S/C6H12O5S/c7-3-2(1-12)11-6(10)5(9)4(3)8/h2-10,12H,1H2/t2?,3-,4?,5?,6+/m0/s1. The van der Waals surface area contributed by atoms with Crippen molar-refractivity contribution in [3.8, 4) is 0 Å². The monoisotopic (exact) mass is 196 g/mol. The third-order valence-electron chi connectivity index (χ3n) is 1.87. The molecule has 3 unspecified atom stereocenters. The molecule has 1 saturated heterocycles. The van der Waals surface area contributed by atoms with E-state index in [9.17, 15) is 5.11 Å². The van der Waals surface area contributed by atoms with Crippen LogP contribution in [0.2, 0.25) is 0 Å². The highest BCUT2D eigenvalue weighted by atomic mass is 32.1. The molecule has 72 valence electrons. The van der Waals surface area contributed by atoms with Gasteiger partial charge in [0.2, 0.25) is 0 Å². The summed E-state index contributed by atoms with van der Waals surface area (Å²) in [6.45, 7) is 0. The number of aliphatic hydroxyl groups is 4. The lowest BCUT2D eigenvalue weighted by atomic mass is 10.0. The molecule has 4 N–H and O–H groups in total. The van der Waals surface area contributed by atoms with Gasteiger partial charge in [-0.3, -0.25) is 0 Å². The van der Waals surface area contributed by atoms with E-state index in [0.29, 0.717) is 0 Å². The van der Waals surface area contributed by atoms with Gasteiger partial charge in [0, 0.05) is 5.75 Å². The Morgan fingerprint density at radius 1 is 1.00 bits per heavy atom. The average Bonchev–Trinajstić information content (AvgIpc) is 2.08. The third-order valence-corrected chi connectivity index (χ3v) is 2.23. The van der Waals surface area contributed by atoms with Crippen LogP contribution in [0.25, 0.3) is 0 Å². The molecule has 5 nitrogen and oxygen atoms in total. The fourth-order valence-electron chi connectivity index (χ4n) is 1.08. The topological polar surface area (TPSA) is 90.2 Å². The van der Waals surface area contributed by atoms with Crippen molar-refractivity contribution in [2.45, 2.75) is 30.7 Å². The van der Waals surface area contributed by atoms with Crippen molar-refractivity contribution in [1.82, 2.24) is 0 Å². The maximum absolute atomic E-state index is 9.23. The Balaban J connectivity index is 2.63. The Kier molecular flexibility index (Phi) is 3.33. The van der Waals surface area contributed by atoms with E-state index < -0.39 is 30.7 Å². The zero-order valence-electron chi connectivity index (χ0n) is 6.24. The second-order valence-electron chi connectivity index (χ2n) is 2.72. The fourth-order valence-corrected chi connectivity index (χ4v) is 1.38. The normalized spacial score (nSPS) is 49.2. The number of hydrogen-bond donors (Lipinski definition) is 5. The molecule has 5 atom stereocenters. The van der Waals surface area contributed by atoms with E-state index in [1.165, 1.54) is 0 Å². The van der Waals surface area contributed by atoms with E-state index in [1.807, 2.05) is 0 Å². The van der Waals surface area contributed by atoms with Crippen molar-refractivity contribution >= 4 is 12.6 Å². The molecule has 0 aliphatic carbocycles. The molecule has 0 aromatic rings. The van der Waals surface area contributed by atoms with Crippen LogP contribution < -0.4 is 0 Å². The van der Waals surface area contributed by atoms with Gasteiger partial charge in [0.25, 0.3) is 0 Å². The van der Waals surface area contributed by atoms with Gasteiger partial charge >= 0.3 is 0 Å². The van der Waals surface area contributed by atoms with Crippen molar-refractivity contribution in [2.75, 3.05) is 5.75 Å². The molecule has 1 heterocycles. The molecule has 0 aromatic heterocycles. The van der Waals surface area contributed by atoms with E-state index in [2.05, 4.69) is 12.6 Å². The summed E-state index contributed by atoms with van der Waals surface area (Å²) in [6, 6.07) is 0. The first kappa shape index (κ1) is 10.2. The van der Waals surface area contributed by atoms with Crippen LogP contribution in [0, 0.1) is 0 Å². The highest BCUT2D eigenvalue weighted by molar-refractivity contribution is 7.80. The number of thiol groups is 1. The van der Waals surface area contributed by atoms with Crippen LogP contribution in [0.4, 0.5) is 0 Å². The van der Waals surface area contributed by atoms with E-state index in [-0.39, 0.29) is 5.75 Å². The van der Waals surface area contributed by atoms with E-state index in [0.717, 1.165) is 0 Å². The molecule has 0 spiro atoms. The lowest BCUT2D eigenvalue weighted by Gasteiger charge is -2.37. The molecule has 0 saturated carbocycles. The Bertz CT molecular complexity index is 150. The molecule has 0 radical (unpaired) electrons. The summed E-state index contributed by atoms with van der Waals surface area (Å²) in [5, 5.41) is 36.4. The minimum atomic E-state index is -1.46. The van der Waals surface area contributed by atoms with Gasteiger partial charge in [-0.15, -0.1) is 0 Å². The summed E-state index contributed by atoms with van der Waals surface area (Å²) in [6.07, 6.45) is -6.26. The maximum Gasteiger partial charge on any atom is 0.183 e. The first-order valence-corrected chi connectivity index (χ1v) is 4.19. The summed E-state index contributed by atoms with van der Waals surface area (Å²) in [7, 11) is 0. The van der Waals surface area contributed by atoms with Crippen molar-refractivity contribution in [1.29, 1.82) is 0 Å². The lowest BCUT2D eigenvalue weighted by Crippen LogP contribution is -2.57. The second-order valence-corrected chi connectivity index (χ2v) is 3.08. The third kappa shape index (κ3) is 1.73. The predicted molar refractivity (Wildman–Crippen MR) is 42.8 cm³/mol. The number of aliphatic hydroxyl groups excluding tert-OH is 4. The first-order valence-electron chi connectivity index (χ1n) is 3.56. The van der Waals surface area contributed by atoms with Gasteiger partial charge < -0.3 is 25.2 Å². The van der Waals surface area contributed by atoms with Gasteiger partial charge in [-0.05, 0) is 0 Å². The highest BCUT2D eigenvalue weighted by Gasteiger charge is 2.42. The molecule has 1 aliphatic heterocycles. The highest BCUT2D eigenvalue weighted by Crippen LogP contribution is 2.20. The lowest BCUT2D eigenvalue weighted by molar-refractivity contribution is -0.276. The summed E-state index contributed by atoms with van der Waals surface area (Å²) in [5.41, 5.74) is 0. The summed E-state index contributed by atoms with van der Waals surface area (Å²) in [4.78, 5) is 0. The van der Waals surface area contributed by atoms with Crippen LogP contribution in [0.15, 0.2) is 0 Å². The smallest absolute Gasteiger partial charge is 0.183 e. The molecule has 0 amide bonds. The molecule has 0 bridgehead atoms. The SMILES string of the molecule is OC1C(O)[C@H](O)OC(CS)[C@@H]1O. The van der Waals surface area contributed by atoms with Gasteiger partial charge in [0.15, 0.2) is 6.29 Å². The number of rotatable bonds is 1. The zero-order chi connectivity index (χ0) is 9.30. The number of ether oxygens (including phenoxy) is 1. The second kappa shape index (κ2) is 3.91. The molecule has 1 aliphatic rings. The average molecular weight is 196 g/mol. The van der Waals surface area contributed by atoms with E-state index in [1.54, 1.807) is 0 Å². The molecular weight excluding hydrogens is 184 g/mol. The van der Waals surface area contributed by atoms with Crippen molar-refractivity contribution in [2.24, 2.45) is 0 Å². The number of hydrogen-bond acceptors (Lipinski definition) is 6.